The standard InChI is InChI=1S/C8H9ClFN/c9-8(5-11)6-1-3-7(10)4-2-6/h1-4,8H,5,11H2/t8-/m1/s1. The van der Waals surface area contributed by atoms with Gasteiger partial charge in [0.15, 0.2) is 0 Å². The van der Waals surface area contributed by atoms with Crippen LogP contribution in [0.1, 0.15) is 10.9 Å². The third kappa shape index (κ3) is 2.17. The second-order valence-electron chi connectivity index (χ2n) is 2.25. The van der Waals surface area contributed by atoms with Gasteiger partial charge in [0.25, 0.3) is 0 Å². The molecule has 0 saturated heterocycles. The van der Waals surface area contributed by atoms with Gasteiger partial charge in [0.1, 0.15) is 5.82 Å². The van der Waals surface area contributed by atoms with E-state index < -0.39 is 0 Å². The summed E-state index contributed by atoms with van der Waals surface area (Å²) >= 11 is 5.80. The average molecular weight is 174 g/mol. The van der Waals surface area contributed by atoms with Crippen LogP contribution in [0.25, 0.3) is 0 Å². The first kappa shape index (κ1) is 8.50. The van der Waals surface area contributed by atoms with Crippen molar-refractivity contribution in [3.05, 3.63) is 35.6 Å². The second kappa shape index (κ2) is 3.69. The van der Waals surface area contributed by atoms with Gasteiger partial charge in [0, 0.05) is 6.54 Å². The van der Waals surface area contributed by atoms with E-state index in [0.29, 0.717) is 6.54 Å². The number of halogens is 2. The van der Waals surface area contributed by atoms with Gasteiger partial charge in [-0.05, 0) is 17.7 Å². The minimum Gasteiger partial charge on any atom is -0.329 e. The Labute approximate surface area is 70.0 Å². The highest BCUT2D eigenvalue weighted by Crippen LogP contribution is 2.18. The van der Waals surface area contributed by atoms with Crippen molar-refractivity contribution in [1.82, 2.24) is 0 Å². The Morgan fingerprint density at radius 3 is 2.36 bits per heavy atom. The first-order valence-corrected chi connectivity index (χ1v) is 3.77. The molecular formula is C8H9ClFN. The number of nitrogens with two attached hydrogens (primary N) is 1. The molecule has 11 heavy (non-hydrogen) atoms. The van der Waals surface area contributed by atoms with Gasteiger partial charge in [0.2, 0.25) is 0 Å². The van der Waals surface area contributed by atoms with Gasteiger partial charge in [0.05, 0.1) is 5.38 Å². The molecule has 0 aromatic heterocycles. The van der Waals surface area contributed by atoms with Crippen molar-refractivity contribution in [2.45, 2.75) is 5.38 Å². The van der Waals surface area contributed by atoms with Gasteiger partial charge < -0.3 is 5.73 Å². The van der Waals surface area contributed by atoms with Gasteiger partial charge in [-0.25, -0.2) is 4.39 Å². The Morgan fingerprint density at radius 1 is 1.36 bits per heavy atom. The third-order valence-corrected chi connectivity index (χ3v) is 1.87. The van der Waals surface area contributed by atoms with Gasteiger partial charge in [-0.1, -0.05) is 12.1 Å². The number of hydrogen-bond donors (Lipinski definition) is 1. The quantitative estimate of drug-likeness (QED) is 0.681. The van der Waals surface area contributed by atoms with E-state index in [2.05, 4.69) is 0 Å². The van der Waals surface area contributed by atoms with E-state index in [1.807, 2.05) is 0 Å². The molecular weight excluding hydrogens is 165 g/mol. The van der Waals surface area contributed by atoms with Crippen molar-refractivity contribution in [3.63, 3.8) is 0 Å². The van der Waals surface area contributed by atoms with Crippen LogP contribution < -0.4 is 5.73 Å². The maximum Gasteiger partial charge on any atom is 0.123 e. The summed E-state index contributed by atoms with van der Waals surface area (Å²) in [4.78, 5) is 0. The Hall–Kier alpha value is -0.600. The smallest absolute Gasteiger partial charge is 0.123 e. The SMILES string of the molecule is NC[C@@H](Cl)c1ccc(F)cc1. The van der Waals surface area contributed by atoms with Crippen LogP contribution in [0.3, 0.4) is 0 Å². The summed E-state index contributed by atoms with van der Waals surface area (Å²) in [5.74, 6) is -0.255. The topological polar surface area (TPSA) is 26.0 Å². The monoisotopic (exact) mass is 173 g/mol. The molecule has 1 rings (SSSR count). The van der Waals surface area contributed by atoms with Crippen LogP contribution in [-0.4, -0.2) is 6.54 Å². The van der Waals surface area contributed by atoms with Crippen molar-refractivity contribution in [2.24, 2.45) is 5.73 Å². The van der Waals surface area contributed by atoms with Gasteiger partial charge in [-0.3, -0.25) is 0 Å². The summed E-state index contributed by atoms with van der Waals surface area (Å²) in [6.07, 6.45) is 0. The fourth-order valence-corrected chi connectivity index (χ4v) is 0.953. The van der Waals surface area contributed by atoms with Crippen LogP contribution in [0.5, 0.6) is 0 Å². The fraction of sp³-hybridized carbons (Fsp3) is 0.250. The molecule has 1 nitrogen and oxygen atoms in total. The molecule has 2 N–H and O–H groups in total. The van der Waals surface area contributed by atoms with Crippen molar-refractivity contribution in [2.75, 3.05) is 6.54 Å². The van der Waals surface area contributed by atoms with Crippen LogP contribution in [0, 0.1) is 5.82 Å². The van der Waals surface area contributed by atoms with Crippen molar-refractivity contribution in [3.8, 4) is 0 Å². The number of benzene rings is 1. The van der Waals surface area contributed by atoms with E-state index in [1.54, 1.807) is 12.1 Å². The van der Waals surface area contributed by atoms with Crippen LogP contribution in [0.2, 0.25) is 0 Å². The van der Waals surface area contributed by atoms with Crippen LogP contribution in [-0.2, 0) is 0 Å². The zero-order valence-electron chi connectivity index (χ0n) is 5.93. The maximum atomic E-state index is 12.4. The summed E-state index contributed by atoms with van der Waals surface area (Å²) in [5, 5.41) is -0.212. The molecule has 60 valence electrons. The molecule has 1 aromatic rings. The average Bonchev–Trinajstić information content (AvgIpc) is 2.05. The summed E-state index contributed by atoms with van der Waals surface area (Å²) in [5.41, 5.74) is 6.17. The van der Waals surface area contributed by atoms with Crippen LogP contribution in [0.15, 0.2) is 24.3 Å². The molecule has 0 spiro atoms. The predicted octanol–water partition coefficient (Wildman–Crippen LogP) is 2.06. The lowest BCUT2D eigenvalue weighted by atomic mass is 10.1. The normalized spacial score (nSPS) is 13.0. The number of rotatable bonds is 2. The molecule has 0 unspecified atom stereocenters. The summed E-state index contributed by atoms with van der Waals surface area (Å²) in [7, 11) is 0. The van der Waals surface area contributed by atoms with E-state index in [0.717, 1.165) is 5.56 Å². The zero-order valence-corrected chi connectivity index (χ0v) is 6.68. The van der Waals surface area contributed by atoms with E-state index in [9.17, 15) is 4.39 Å². The molecule has 0 amide bonds. The molecule has 1 atom stereocenters. The van der Waals surface area contributed by atoms with E-state index in [-0.39, 0.29) is 11.2 Å². The summed E-state index contributed by atoms with van der Waals surface area (Å²) < 4.78 is 12.4. The lowest BCUT2D eigenvalue weighted by Crippen LogP contribution is -2.06. The molecule has 3 heteroatoms. The lowest BCUT2D eigenvalue weighted by molar-refractivity contribution is 0.627. The lowest BCUT2D eigenvalue weighted by Gasteiger charge is -2.04. The maximum absolute atomic E-state index is 12.4. The summed E-state index contributed by atoms with van der Waals surface area (Å²) in [6, 6.07) is 6.03. The Bertz CT molecular complexity index is 222. The number of alkyl halides is 1. The molecule has 0 aliphatic rings. The molecule has 0 heterocycles. The molecule has 0 radical (unpaired) electrons. The van der Waals surface area contributed by atoms with Gasteiger partial charge >= 0.3 is 0 Å². The van der Waals surface area contributed by atoms with Crippen LogP contribution in [0.4, 0.5) is 4.39 Å². The molecule has 0 fully saturated rings. The second-order valence-corrected chi connectivity index (χ2v) is 2.78. The summed E-state index contributed by atoms with van der Waals surface area (Å²) in [6.45, 7) is 0.368. The Balaban J connectivity index is 2.81. The van der Waals surface area contributed by atoms with Gasteiger partial charge in [-0.2, -0.15) is 0 Å². The fourth-order valence-electron chi connectivity index (χ4n) is 0.808. The highest BCUT2D eigenvalue weighted by Gasteiger charge is 2.03. The largest absolute Gasteiger partial charge is 0.329 e. The van der Waals surface area contributed by atoms with Crippen molar-refractivity contribution in [1.29, 1.82) is 0 Å². The minimum atomic E-state index is -0.255. The first-order chi connectivity index (χ1) is 5.24. The third-order valence-electron chi connectivity index (χ3n) is 1.44. The highest BCUT2D eigenvalue weighted by atomic mass is 35.5. The molecule has 0 aliphatic heterocycles. The van der Waals surface area contributed by atoms with Crippen LogP contribution >= 0.6 is 11.6 Å². The number of hydrogen-bond acceptors (Lipinski definition) is 1. The molecule has 0 bridgehead atoms. The first-order valence-electron chi connectivity index (χ1n) is 3.33. The molecule has 1 aromatic carbocycles. The Morgan fingerprint density at radius 2 is 1.91 bits per heavy atom. The van der Waals surface area contributed by atoms with Crippen molar-refractivity contribution >= 4 is 11.6 Å². The molecule has 0 aliphatic carbocycles. The highest BCUT2D eigenvalue weighted by molar-refractivity contribution is 6.20. The molecule has 0 saturated carbocycles. The zero-order chi connectivity index (χ0) is 8.27. The van der Waals surface area contributed by atoms with Gasteiger partial charge in [-0.15, -0.1) is 11.6 Å². The minimum absolute atomic E-state index is 0.212. The van der Waals surface area contributed by atoms with Crippen molar-refractivity contribution < 1.29 is 4.39 Å². The van der Waals surface area contributed by atoms with E-state index in [1.165, 1.54) is 12.1 Å². The van der Waals surface area contributed by atoms with E-state index >= 15 is 0 Å². The van der Waals surface area contributed by atoms with E-state index in [4.69, 9.17) is 17.3 Å². The predicted molar refractivity (Wildman–Crippen MR) is 44.0 cm³/mol. The Kier molecular flexibility index (Phi) is 2.85.